The minimum absolute atomic E-state index is 0.104. The van der Waals surface area contributed by atoms with Crippen LogP contribution in [0.5, 0.6) is 5.75 Å². The number of hydrogen-bond donors (Lipinski definition) is 1. The Bertz CT molecular complexity index is 770. The Labute approximate surface area is 131 Å². The molecule has 1 aliphatic carbocycles. The molecule has 23 heavy (non-hydrogen) atoms. The number of carbonyl (C=O) groups excluding carboxylic acids is 1. The van der Waals surface area contributed by atoms with E-state index >= 15 is 0 Å². The van der Waals surface area contributed by atoms with Gasteiger partial charge in [0, 0.05) is 12.2 Å². The summed E-state index contributed by atoms with van der Waals surface area (Å²) in [5.41, 5.74) is -1.08. The van der Waals surface area contributed by atoms with E-state index in [-0.39, 0.29) is 29.5 Å². The van der Waals surface area contributed by atoms with Crippen LogP contribution in [0.2, 0.25) is 0 Å². The highest BCUT2D eigenvalue weighted by atomic mass is 16.5. The van der Waals surface area contributed by atoms with Gasteiger partial charge in [-0.1, -0.05) is 0 Å². The number of aromatic carboxylic acids is 1. The molecule has 3 heterocycles. The van der Waals surface area contributed by atoms with E-state index in [9.17, 15) is 19.5 Å². The molecule has 0 aromatic carbocycles. The lowest BCUT2D eigenvalue weighted by Gasteiger charge is -2.44. The summed E-state index contributed by atoms with van der Waals surface area (Å²) in [6.07, 6.45) is 3.54. The van der Waals surface area contributed by atoms with Crippen LogP contribution in [0.15, 0.2) is 11.0 Å². The molecular formula is C15H16N2O6. The first-order chi connectivity index (χ1) is 11.0. The van der Waals surface area contributed by atoms with E-state index in [1.165, 1.54) is 17.9 Å². The van der Waals surface area contributed by atoms with Crippen LogP contribution >= 0.6 is 0 Å². The van der Waals surface area contributed by atoms with Gasteiger partial charge in [0.25, 0.3) is 5.91 Å². The second-order valence-corrected chi connectivity index (χ2v) is 6.10. The number of aromatic nitrogens is 1. The predicted molar refractivity (Wildman–Crippen MR) is 76.7 cm³/mol. The Hall–Kier alpha value is -2.35. The quantitative estimate of drug-likeness (QED) is 0.841. The first-order valence-electron chi connectivity index (χ1n) is 7.54. The minimum atomic E-state index is -1.34. The molecule has 1 saturated carbocycles. The lowest BCUT2D eigenvalue weighted by atomic mass is 10.1. The molecule has 3 aliphatic rings. The molecule has 1 saturated heterocycles. The second kappa shape index (κ2) is 4.82. The lowest BCUT2D eigenvalue weighted by Crippen LogP contribution is -2.57. The van der Waals surface area contributed by atoms with Crippen molar-refractivity contribution in [3.05, 3.63) is 27.7 Å². The molecule has 0 unspecified atom stereocenters. The minimum Gasteiger partial charge on any atom is -0.491 e. The normalized spacial score (nSPS) is 28.3. The molecule has 1 aromatic heterocycles. The van der Waals surface area contributed by atoms with Gasteiger partial charge in [-0.3, -0.25) is 9.59 Å². The molecule has 2 aliphatic heterocycles. The van der Waals surface area contributed by atoms with Crippen molar-refractivity contribution in [2.75, 3.05) is 7.11 Å². The molecule has 2 bridgehead atoms. The maximum Gasteiger partial charge on any atom is 0.341 e. The zero-order valence-corrected chi connectivity index (χ0v) is 12.5. The number of nitrogens with zero attached hydrogens (tertiary/aromatic N) is 2. The van der Waals surface area contributed by atoms with Crippen LogP contribution in [0.4, 0.5) is 0 Å². The van der Waals surface area contributed by atoms with E-state index in [4.69, 9.17) is 9.47 Å². The number of carboxylic acids is 1. The molecule has 2 fully saturated rings. The maximum absolute atomic E-state index is 12.9. The second-order valence-electron chi connectivity index (χ2n) is 6.10. The summed E-state index contributed by atoms with van der Waals surface area (Å²) >= 11 is 0. The average Bonchev–Trinajstić information content (AvgIpc) is 2.88. The highest BCUT2D eigenvalue weighted by Crippen LogP contribution is 2.38. The SMILES string of the molecule is COc1c2n(cc(C(=O)O)c1=O)C[C@@H]1O[C@@H]3CC[C@@H](C3)N1C2=O. The zero-order valence-electron chi connectivity index (χ0n) is 12.5. The summed E-state index contributed by atoms with van der Waals surface area (Å²) < 4.78 is 12.5. The first-order valence-corrected chi connectivity index (χ1v) is 7.54. The molecule has 1 N–H and O–H groups in total. The number of pyridine rings is 1. The van der Waals surface area contributed by atoms with Gasteiger partial charge in [-0.25, -0.2) is 4.79 Å². The van der Waals surface area contributed by atoms with Crippen molar-refractivity contribution in [3.8, 4) is 5.75 Å². The van der Waals surface area contributed by atoms with E-state index in [0.717, 1.165) is 19.3 Å². The molecule has 122 valence electrons. The van der Waals surface area contributed by atoms with Crippen LogP contribution in [0.3, 0.4) is 0 Å². The van der Waals surface area contributed by atoms with Crippen molar-refractivity contribution in [2.45, 2.75) is 44.2 Å². The maximum atomic E-state index is 12.9. The van der Waals surface area contributed by atoms with Gasteiger partial charge in [-0.05, 0) is 19.3 Å². The summed E-state index contributed by atoms with van der Waals surface area (Å²) in [5.74, 6) is -1.89. The van der Waals surface area contributed by atoms with Crippen molar-refractivity contribution in [2.24, 2.45) is 0 Å². The first kappa shape index (κ1) is 14.3. The fourth-order valence-corrected chi connectivity index (χ4v) is 3.88. The molecule has 3 atom stereocenters. The molecule has 0 spiro atoms. The van der Waals surface area contributed by atoms with Crippen molar-refractivity contribution < 1.29 is 24.2 Å². The number of carbonyl (C=O) groups is 2. The third-order valence-electron chi connectivity index (χ3n) is 4.87. The van der Waals surface area contributed by atoms with E-state index in [1.54, 1.807) is 4.90 Å². The topological polar surface area (TPSA) is 98.1 Å². The van der Waals surface area contributed by atoms with Gasteiger partial charge in [0.15, 0.2) is 17.7 Å². The summed E-state index contributed by atoms with van der Waals surface area (Å²) in [4.78, 5) is 38.1. The lowest BCUT2D eigenvalue weighted by molar-refractivity contribution is -0.132. The summed E-state index contributed by atoms with van der Waals surface area (Å²) in [6.45, 7) is 0.297. The predicted octanol–water partition coefficient (Wildman–Crippen LogP) is 0.288. The summed E-state index contributed by atoms with van der Waals surface area (Å²) in [5, 5.41) is 9.18. The number of fused-ring (bicyclic) bond motifs is 5. The summed E-state index contributed by atoms with van der Waals surface area (Å²) in [7, 11) is 1.26. The van der Waals surface area contributed by atoms with Crippen LogP contribution in [0.1, 0.15) is 40.1 Å². The number of carboxylic acid groups (broad SMARTS) is 1. The monoisotopic (exact) mass is 320 g/mol. The molecule has 8 heteroatoms. The van der Waals surface area contributed by atoms with Gasteiger partial charge < -0.3 is 24.0 Å². The summed E-state index contributed by atoms with van der Waals surface area (Å²) in [6, 6.07) is 0.110. The molecule has 0 radical (unpaired) electrons. The van der Waals surface area contributed by atoms with Gasteiger partial charge in [-0.2, -0.15) is 0 Å². The molecule has 4 rings (SSSR count). The Balaban J connectivity index is 1.89. The van der Waals surface area contributed by atoms with Crippen molar-refractivity contribution >= 4 is 11.9 Å². The van der Waals surface area contributed by atoms with Crippen molar-refractivity contribution in [1.82, 2.24) is 9.47 Å². The van der Waals surface area contributed by atoms with Crippen molar-refractivity contribution in [1.29, 1.82) is 0 Å². The van der Waals surface area contributed by atoms with E-state index in [0.29, 0.717) is 6.54 Å². The van der Waals surface area contributed by atoms with Gasteiger partial charge in [0.1, 0.15) is 5.56 Å². The Morgan fingerprint density at radius 3 is 2.87 bits per heavy atom. The number of ether oxygens (including phenoxy) is 2. The smallest absolute Gasteiger partial charge is 0.341 e. The van der Waals surface area contributed by atoms with E-state index in [1.807, 2.05) is 0 Å². The fraction of sp³-hybridized carbons (Fsp3) is 0.533. The molecule has 1 amide bonds. The van der Waals surface area contributed by atoms with Crippen LogP contribution < -0.4 is 10.2 Å². The number of methoxy groups -OCH3 is 1. The Morgan fingerprint density at radius 2 is 2.17 bits per heavy atom. The largest absolute Gasteiger partial charge is 0.491 e. The highest BCUT2D eigenvalue weighted by Gasteiger charge is 2.47. The van der Waals surface area contributed by atoms with Crippen LogP contribution in [-0.2, 0) is 11.3 Å². The number of hydrogen-bond acceptors (Lipinski definition) is 5. The third-order valence-corrected chi connectivity index (χ3v) is 4.87. The van der Waals surface area contributed by atoms with Crippen molar-refractivity contribution in [3.63, 3.8) is 0 Å². The highest BCUT2D eigenvalue weighted by molar-refractivity contribution is 5.98. The van der Waals surface area contributed by atoms with Gasteiger partial charge >= 0.3 is 5.97 Å². The van der Waals surface area contributed by atoms with Gasteiger partial charge in [0.05, 0.1) is 19.8 Å². The number of rotatable bonds is 2. The van der Waals surface area contributed by atoms with Crippen LogP contribution in [0, 0.1) is 0 Å². The van der Waals surface area contributed by atoms with Crippen LogP contribution in [0.25, 0.3) is 0 Å². The van der Waals surface area contributed by atoms with Gasteiger partial charge in [0.2, 0.25) is 5.43 Å². The molecular weight excluding hydrogens is 304 g/mol. The Morgan fingerprint density at radius 1 is 1.39 bits per heavy atom. The molecule has 8 nitrogen and oxygen atoms in total. The molecule has 1 aromatic rings. The third kappa shape index (κ3) is 1.91. The van der Waals surface area contributed by atoms with E-state index in [2.05, 4.69) is 0 Å². The van der Waals surface area contributed by atoms with E-state index < -0.39 is 23.2 Å². The van der Waals surface area contributed by atoms with Crippen LogP contribution in [-0.4, -0.2) is 51.9 Å². The number of amides is 1. The standard InChI is InChI=1S/C15H16N2O6/c1-22-13-11-14(19)17-7-2-3-8(4-7)23-10(17)6-16(11)5-9(12(13)18)15(20)21/h5,7-8,10H,2-4,6H2,1H3,(H,20,21)/t7-,8+,10-/m0/s1. The fourth-order valence-electron chi connectivity index (χ4n) is 3.88. The zero-order chi connectivity index (χ0) is 16.3. The van der Waals surface area contributed by atoms with Gasteiger partial charge in [-0.15, -0.1) is 0 Å². The Kier molecular flexibility index (Phi) is 2.99. The average molecular weight is 320 g/mol.